The van der Waals surface area contributed by atoms with Gasteiger partial charge in [-0.05, 0) is 56.4 Å². The SMILES string of the molecule is O=C(Nc1ccc(Cl)cc1)C1(C(=O)N2CCCCC2)CC1. The number of hydrogen-bond donors (Lipinski definition) is 1. The number of carbonyl (C=O) groups is 2. The maximum Gasteiger partial charge on any atom is 0.240 e. The molecule has 0 atom stereocenters. The van der Waals surface area contributed by atoms with E-state index in [1.165, 1.54) is 6.42 Å². The van der Waals surface area contributed by atoms with Crippen molar-refractivity contribution in [3.8, 4) is 0 Å². The molecule has 1 aliphatic carbocycles. The van der Waals surface area contributed by atoms with Gasteiger partial charge in [0.1, 0.15) is 5.41 Å². The second-order valence-corrected chi connectivity index (χ2v) is 6.33. The van der Waals surface area contributed by atoms with Gasteiger partial charge in [-0.15, -0.1) is 0 Å². The average Bonchev–Trinajstić information content (AvgIpc) is 3.31. The van der Waals surface area contributed by atoms with E-state index in [1.807, 2.05) is 4.90 Å². The average molecular weight is 307 g/mol. The van der Waals surface area contributed by atoms with Crippen LogP contribution in [0.15, 0.2) is 24.3 Å². The molecule has 5 heteroatoms. The van der Waals surface area contributed by atoms with E-state index in [0.717, 1.165) is 25.9 Å². The second kappa shape index (κ2) is 5.68. The second-order valence-electron chi connectivity index (χ2n) is 5.90. The van der Waals surface area contributed by atoms with Gasteiger partial charge in [0.2, 0.25) is 11.8 Å². The zero-order valence-corrected chi connectivity index (χ0v) is 12.7. The number of likely N-dealkylation sites (tertiary alicyclic amines) is 1. The molecule has 1 N–H and O–H groups in total. The van der Waals surface area contributed by atoms with E-state index in [-0.39, 0.29) is 11.8 Å². The summed E-state index contributed by atoms with van der Waals surface area (Å²) < 4.78 is 0. The van der Waals surface area contributed by atoms with E-state index in [4.69, 9.17) is 11.6 Å². The largest absolute Gasteiger partial charge is 0.342 e. The third-order valence-electron chi connectivity index (χ3n) is 4.34. The molecule has 1 heterocycles. The lowest BCUT2D eigenvalue weighted by Gasteiger charge is -2.30. The van der Waals surface area contributed by atoms with Gasteiger partial charge in [-0.1, -0.05) is 11.6 Å². The van der Waals surface area contributed by atoms with Crippen LogP contribution >= 0.6 is 11.6 Å². The van der Waals surface area contributed by atoms with E-state index < -0.39 is 5.41 Å². The van der Waals surface area contributed by atoms with Gasteiger partial charge >= 0.3 is 0 Å². The van der Waals surface area contributed by atoms with Gasteiger partial charge in [0.25, 0.3) is 0 Å². The lowest BCUT2D eigenvalue weighted by molar-refractivity contribution is -0.143. The van der Waals surface area contributed by atoms with Crippen LogP contribution in [0.5, 0.6) is 0 Å². The van der Waals surface area contributed by atoms with E-state index >= 15 is 0 Å². The lowest BCUT2D eigenvalue weighted by atomic mass is 10.0. The van der Waals surface area contributed by atoms with E-state index in [9.17, 15) is 9.59 Å². The third-order valence-corrected chi connectivity index (χ3v) is 4.59. The van der Waals surface area contributed by atoms with Crippen LogP contribution in [-0.2, 0) is 9.59 Å². The van der Waals surface area contributed by atoms with Gasteiger partial charge in [-0.3, -0.25) is 9.59 Å². The minimum atomic E-state index is -0.822. The maximum absolute atomic E-state index is 12.6. The smallest absolute Gasteiger partial charge is 0.240 e. The van der Waals surface area contributed by atoms with Crippen molar-refractivity contribution in [3.05, 3.63) is 29.3 Å². The van der Waals surface area contributed by atoms with Gasteiger partial charge in [0, 0.05) is 23.8 Å². The zero-order valence-electron chi connectivity index (χ0n) is 11.9. The molecule has 1 aliphatic heterocycles. The molecule has 0 aromatic heterocycles. The predicted octanol–water partition coefficient (Wildman–Crippen LogP) is 3.07. The topological polar surface area (TPSA) is 49.4 Å². The Morgan fingerprint density at radius 1 is 1.05 bits per heavy atom. The highest BCUT2D eigenvalue weighted by molar-refractivity contribution is 6.30. The monoisotopic (exact) mass is 306 g/mol. The Bertz CT molecular complexity index is 546. The molecular formula is C16H19ClN2O2. The number of piperidine rings is 1. The van der Waals surface area contributed by atoms with Crippen LogP contribution in [0.1, 0.15) is 32.1 Å². The first kappa shape index (κ1) is 14.4. The quantitative estimate of drug-likeness (QED) is 0.873. The number of hydrogen-bond acceptors (Lipinski definition) is 2. The molecule has 2 amide bonds. The first-order chi connectivity index (χ1) is 10.1. The molecule has 1 saturated heterocycles. The van der Waals surface area contributed by atoms with Crippen molar-refractivity contribution in [2.45, 2.75) is 32.1 Å². The number of anilines is 1. The Balaban J connectivity index is 1.68. The summed E-state index contributed by atoms with van der Waals surface area (Å²) in [7, 11) is 0. The van der Waals surface area contributed by atoms with Crippen LogP contribution in [0, 0.1) is 5.41 Å². The molecule has 0 spiro atoms. The summed E-state index contributed by atoms with van der Waals surface area (Å²) in [6.45, 7) is 1.57. The molecule has 1 aromatic carbocycles. The number of benzene rings is 1. The van der Waals surface area contributed by atoms with Crippen molar-refractivity contribution in [1.29, 1.82) is 0 Å². The van der Waals surface area contributed by atoms with Crippen LogP contribution in [-0.4, -0.2) is 29.8 Å². The van der Waals surface area contributed by atoms with Gasteiger partial charge in [0.05, 0.1) is 0 Å². The summed E-state index contributed by atoms with van der Waals surface area (Å²) in [6.07, 6.45) is 4.57. The predicted molar refractivity (Wildman–Crippen MR) is 82.2 cm³/mol. The highest BCUT2D eigenvalue weighted by Crippen LogP contribution is 2.48. The van der Waals surface area contributed by atoms with Crippen molar-refractivity contribution in [2.75, 3.05) is 18.4 Å². The summed E-state index contributed by atoms with van der Waals surface area (Å²) in [5.74, 6) is -0.172. The molecule has 4 nitrogen and oxygen atoms in total. The third kappa shape index (κ3) is 2.91. The van der Waals surface area contributed by atoms with Crippen molar-refractivity contribution in [2.24, 2.45) is 5.41 Å². The maximum atomic E-state index is 12.6. The van der Waals surface area contributed by atoms with E-state index in [0.29, 0.717) is 23.6 Å². The fraction of sp³-hybridized carbons (Fsp3) is 0.500. The molecular weight excluding hydrogens is 288 g/mol. The highest BCUT2D eigenvalue weighted by Gasteiger charge is 2.58. The van der Waals surface area contributed by atoms with Crippen LogP contribution in [0.3, 0.4) is 0 Å². The number of halogens is 1. The van der Waals surface area contributed by atoms with Crippen molar-refractivity contribution >= 4 is 29.1 Å². The summed E-state index contributed by atoms with van der Waals surface area (Å²) >= 11 is 5.83. The molecule has 0 radical (unpaired) electrons. The molecule has 112 valence electrons. The summed E-state index contributed by atoms with van der Waals surface area (Å²) in [5.41, 5.74) is -0.140. The van der Waals surface area contributed by atoms with Crippen molar-refractivity contribution < 1.29 is 9.59 Å². The standard InChI is InChI=1S/C16H19ClN2O2/c17-12-4-6-13(7-5-12)18-14(20)16(8-9-16)15(21)19-10-2-1-3-11-19/h4-7H,1-3,8-11H2,(H,18,20). The summed E-state index contributed by atoms with van der Waals surface area (Å²) in [6, 6.07) is 6.95. The number of nitrogens with zero attached hydrogens (tertiary/aromatic N) is 1. The van der Waals surface area contributed by atoms with E-state index in [1.54, 1.807) is 24.3 Å². The van der Waals surface area contributed by atoms with Gasteiger partial charge in [-0.2, -0.15) is 0 Å². The molecule has 1 aromatic rings. The molecule has 0 bridgehead atoms. The molecule has 0 unspecified atom stereocenters. The van der Waals surface area contributed by atoms with Crippen molar-refractivity contribution in [3.63, 3.8) is 0 Å². The van der Waals surface area contributed by atoms with Crippen LogP contribution in [0.2, 0.25) is 5.02 Å². The Labute approximate surface area is 129 Å². The van der Waals surface area contributed by atoms with Gasteiger partial charge in [0.15, 0.2) is 0 Å². The number of rotatable bonds is 3. The first-order valence-corrected chi connectivity index (χ1v) is 7.86. The minimum absolute atomic E-state index is 0.00802. The first-order valence-electron chi connectivity index (χ1n) is 7.48. The number of amides is 2. The molecule has 1 saturated carbocycles. The minimum Gasteiger partial charge on any atom is -0.342 e. The Morgan fingerprint density at radius 3 is 2.24 bits per heavy atom. The van der Waals surface area contributed by atoms with E-state index in [2.05, 4.69) is 5.32 Å². The zero-order chi connectivity index (χ0) is 14.9. The fourth-order valence-electron chi connectivity index (χ4n) is 2.85. The fourth-order valence-corrected chi connectivity index (χ4v) is 2.97. The molecule has 21 heavy (non-hydrogen) atoms. The molecule has 2 fully saturated rings. The van der Waals surface area contributed by atoms with Crippen LogP contribution < -0.4 is 5.32 Å². The van der Waals surface area contributed by atoms with Crippen molar-refractivity contribution in [1.82, 2.24) is 4.90 Å². The lowest BCUT2D eigenvalue weighted by Crippen LogP contribution is -2.45. The number of nitrogens with one attached hydrogen (secondary N) is 1. The summed E-state index contributed by atoms with van der Waals surface area (Å²) in [4.78, 5) is 26.9. The highest BCUT2D eigenvalue weighted by atomic mass is 35.5. The summed E-state index contributed by atoms with van der Waals surface area (Å²) in [5, 5.41) is 3.47. The Kier molecular flexibility index (Phi) is 3.89. The van der Waals surface area contributed by atoms with Crippen LogP contribution in [0.4, 0.5) is 5.69 Å². The molecule has 3 rings (SSSR count). The Morgan fingerprint density at radius 2 is 1.67 bits per heavy atom. The van der Waals surface area contributed by atoms with Gasteiger partial charge < -0.3 is 10.2 Å². The number of carbonyl (C=O) groups excluding carboxylic acids is 2. The van der Waals surface area contributed by atoms with Crippen LogP contribution in [0.25, 0.3) is 0 Å². The Hall–Kier alpha value is -1.55. The van der Waals surface area contributed by atoms with Gasteiger partial charge in [-0.25, -0.2) is 0 Å². The normalized spacial score (nSPS) is 20.0. The molecule has 2 aliphatic rings.